The van der Waals surface area contributed by atoms with Crippen LogP contribution in [0.5, 0.6) is 0 Å². The third-order valence-corrected chi connectivity index (χ3v) is 17.5. The average Bonchev–Trinajstić information content (AvgIpc) is 3.89. The molecule has 5 unspecified atom stereocenters. The van der Waals surface area contributed by atoms with Crippen LogP contribution >= 0.6 is 7.14 Å². The normalized spacial score (nSPS) is 24.7. The number of aromatic nitrogens is 1. The Hall–Kier alpha value is -6.21. The van der Waals surface area contributed by atoms with Crippen LogP contribution in [0, 0.1) is 5.92 Å². The van der Waals surface area contributed by atoms with Gasteiger partial charge < -0.3 is 9.13 Å². The smallest absolute Gasteiger partial charge is 0.172 e. The zero-order valence-electron chi connectivity index (χ0n) is 32.1. The van der Waals surface area contributed by atoms with Crippen molar-refractivity contribution in [2.24, 2.45) is 5.92 Å². The van der Waals surface area contributed by atoms with Gasteiger partial charge in [-0.1, -0.05) is 182 Å². The fourth-order valence-electron chi connectivity index (χ4n) is 12.1. The molecule has 3 heterocycles. The van der Waals surface area contributed by atoms with Gasteiger partial charge in [-0.05, 0) is 86.5 Å². The SMILES string of the molecule is O=P1(c2ccccc2)c2ccccc2-c2ccc3c(c21)-c1c(-c2ccccc2C2C=CC=CC2)cccc1C31c2cccc3c4c(n(c23)C2C=CC=CC21)C=CCC4. The lowest BCUT2D eigenvalue weighted by Gasteiger charge is -2.48. The van der Waals surface area contributed by atoms with Gasteiger partial charge in [-0.25, -0.2) is 0 Å². The third kappa shape index (κ3) is 3.97. The first-order valence-electron chi connectivity index (χ1n) is 20.9. The van der Waals surface area contributed by atoms with Gasteiger partial charge in [0.05, 0.1) is 17.0 Å². The molecule has 276 valence electrons. The number of para-hydroxylation sites is 1. The lowest BCUT2D eigenvalue weighted by Crippen LogP contribution is -2.44. The highest BCUT2D eigenvalue weighted by atomic mass is 31.2. The Morgan fingerprint density at radius 2 is 1.36 bits per heavy atom. The predicted molar refractivity (Wildman–Crippen MR) is 241 cm³/mol. The summed E-state index contributed by atoms with van der Waals surface area (Å²) >= 11 is 0. The Balaban J connectivity index is 1.22. The molecule has 3 heteroatoms. The first kappa shape index (κ1) is 32.8. The molecule has 0 N–H and O–H groups in total. The van der Waals surface area contributed by atoms with Gasteiger partial charge in [0.15, 0.2) is 7.14 Å². The second-order valence-corrected chi connectivity index (χ2v) is 19.5. The van der Waals surface area contributed by atoms with Crippen molar-refractivity contribution in [3.8, 4) is 33.4 Å². The Morgan fingerprint density at radius 3 is 2.26 bits per heavy atom. The molecule has 4 aliphatic carbocycles. The van der Waals surface area contributed by atoms with Crippen LogP contribution in [0.25, 0.3) is 50.4 Å². The van der Waals surface area contributed by atoms with E-state index in [4.69, 9.17) is 0 Å². The molecule has 2 nitrogen and oxygen atoms in total. The Bertz CT molecular complexity index is 3150. The fraction of sp³-hybridized carbons (Fsp3) is 0.127. The van der Waals surface area contributed by atoms with Crippen LogP contribution in [0.3, 0.4) is 0 Å². The molecule has 5 atom stereocenters. The maximum Gasteiger partial charge on any atom is 0.172 e. The molecule has 0 fully saturated rings. The zero-order chi connectivity index (χ0) is 38.2. The predicted octanol–water partition coefficient (Wildman–Crippen LogP) is 12.1. The molecule has 7 aromatic rings. The first-order chi connectivity index (χ1) is 28.7. The quantitative estimate of drug-likeness (QED) is 0.164. The summed E-state index contributed by atoms with van der Waals surface area (Å²) in [6, 6.07) is 46.9. The maximum absolute atomic E-state index is 16.8. The van der Waals surface area contributed by atoms with Crippen LogP contribution in [0.2, 0.25) is 0 Å². The molecule has 6 aliphatic rings. The maximum atomic E-state index is 16.8. The third-order valence-electron chi connectivity index (χ3n) is 14.3. The minimum atomic E-state index is -3.35. The summed E-state index contributed by atoms with van der Waals surface area (Å²) in [6.07, 6.45) is 26.3. The summed E-state index contributed by atoms with van der Waals surface area (Å²) < 4.78 is 19.5. The summed E-state index contributed by atoms with van der Waals surface area (Å²) in [4.78, 5) is 0. The van der Waals surface area contributed by atoms with E-state index in [1.165, 1.54) is 66.7 Å². The van der Waals surface area contributed by atoms with E-state index in [2.05, 4.69) is 187 Å². The van der Waals surface area contributed by atoms with E-state index in [1.54, 1.807) is 0 Å². The van der Waals surface area contributed by atoms with Gasteiger partial charge >= 0.3 is 0 Å². The van der Waals surface area contributed by atoms with Crippen LogP contribution < -0.4 is 15.9 Å². The summed E-state index contributed by atoms with van der Waals surface area (Å²) in [5, 5.41) is 4.21. The van der Waals surface area contributed by atoms with Crippen LogP contribution in [-0.2, 0) is 16.4 Å². The minimum absolute atomic E-state index is 0.0808. The van der Waals surface area contributed by atoms with E-state index in [1.807, 2.05) is 6.07 Å². The van der Waals surface area contributed by atoms with Crippen molar-refractivity contribution < 1.29 is 4.57 Å². The average molecular weight is 762 g/mol. The highest BCUT2D eigenvalue weighted by Crippen LogP contribution is 2.67. The molecule has 2 aliphatic heterocycles. The topological polar surface area (TPSA) is 22.0 Å². The summed E-state index contributed by atoms with van der Waals surface area (Å²) in [7, 11) is -3.35. The van der Waals surface area contributed by atoms with Crippen molar-refractivity contribution in [1.29, 1.82) is 0 Å². The first-order valence-corrected chi connectivity index (χ1v) is 22.6. The second kappa shape index (κ2) is 11.9. The molecule has 1 aromatic heterocycles. The van der Waals surface area contributed by atoms with E-state index < -0.39 is 12.6 Å². The number of fused-ring (bicyclic) bond motifs is 16. The van der Waals surface area contributed by atoms with Gasteiger partial charge in [-0.15, -0.1) is 0 Å². The molecule has 0 amide bonds. The van der Waals surface area contributed by atoms with E-state index in [9.17, 15) is 0 Å². The van der Waals surface area contributed by atoms with Gasteiger partial charge in [-0.2, -0.15) is 0 Å². The van der Waals surface area contributed by atoms with Crippen molar-refractivity contribution in [2.45, 2.75) is 36.6 Å². The number of hydrogen-bond donors (Lipinski definition) is 0. The van der Waals surface area contributed by atoms with E-state index in [0.29, 0.717) is 0 Å². The number of nitrogens with zero attached hydrogens (tertiary/aromatic N) is 1. The van der Waals surface area contributed by atoms with Crippen LogP contribution in [-0.4, -0.2) is 4.57 Å². The largest absolute Gasteiger partial charge is 0.333 e. The van der Waals surface area contributed by atoms with Gasteiger partial charge in [0.25, 0.3) is 0 Å². The molecular weight excluding hydrogens is 722 g/mol. The van der Waals surface area contributed by atoms with Gasteiger partial charge in [0.2, 0.25) is 0 Å². The van der Waals surface area contributed by atoms with Crippen LogP contribution in [0.4, 0.5) is 0 Å². The van der Waals surface area contributed by atoms with Crippen molar-refractivity contribution in [1.82, 2.24) is 4.57 Å². The van der Waals surface area contributed by atoms with E-state index in [-0.39, 0.29) is 17.9 Å². The summed E-state index contributed by atoms with van der Waals surface area (Å²) in [5.74, 6) is 0.354. The lowest BCUT2D eigenvalue weighted by molar-refractivity contribution is 0.338. The van der Waals surface area contributed by atoms with E-state index in [0.717, 1.165) is 46.3 Å². The van der Waals surface area contributed by atoms with Crippen LogP contribution in [0.1, 0.15) is 58.3 Å². The summed E-state index contributed by atoms with van der Waals surface area (Å²) in [5.41, 5.74) is 16.0. The van der Waals surface area contributed by atoms with Crippen molar-refractivity contribution >= 4 is 40.0 Å². The van der Waals surface area contributed by atoms with Gasteiger partial charge in [0, 0.05) is 38.8 Å². The lowest BCUT2D eigenvalue weighted by atomic mass is 9.59. The van der Waals surface area contributed by atoms with E-state index >= 15 is 4.57 Å². The van der Waals surface area contributed by atoms with Crippen molar-refractivity contribution in [3.05, 3.63) is 216 Å². The van der Waals surface area contributed by atoms with Crippen LogP contribution in [0.15, 0.2) is 182 Å². The molecule has 1 spiro atoms. The molecule has 6 aromatic carbocycles. The Labute approximate surface area is 339 Å². The molecule has 13 rings (SSSR count). The minimum Gasteiger partial charge on any atom is -0.333 e. The number of aryl methyl sites for hydroxylation is 1. The fourth-order valence-corrected chi connectivity index (χ4v) is 15.4. The second-order valence-electron chi connectivity index (χ2n) is 16.8. The Morgan fingerprint density at radius 1 is 0.603 bits per heavy atom. The highest BCUT2D eigenvalue weighted by Gasteiger charge is 2.58. The van der Waals surface area contributed by atoms with Crippen molar-refractivity contribution in [2.75, 3.05) is 0 Å². The van der Waals surface area contributed by atoms with Gasteiger partial charge in [0.1, 0.15) is 0 Å². The Kier molecular flexibility index (Phi) is 6.75. The molecule has 58 heavy (non-hydrogen) atoms. The molecule has 0 bridgehead atoms. The number of benzene rings is 6. The number of hydrogen-bond acceptors (Lipinski definition) is 1. The molecular formula is C55H40NOP. The number of rotatable bonds is 3. The molecule has 0 saturated carbocycles. The standard InChI is InChI=1S/C55H40NOP/c57-58(36-19-5-2-6-20-36)50-32-14-10-24-40(50)43-33-34-46-52(54(43)58)51-41(38-22-8-7-21-37(38)35-17-3-1-4-18-35)25-15-28-45(51)55(46)44-27-11-13-31-49(44)56-48-30-12-9-23-39(48)42-26-16-29-47(55)53(42)56/h1-8,10-17,19-22,24-35,44,49H,9,18,23H2. The van der Waals surface area contributed by atoms with Gasteiger partial charge in [-0.3, -0.25) is 0 Å². The molecule has 0 saturated heterocycles. The molecule has 0 radical (unpaired) electrons. The highest BCUT2D eigenvalue weighted by molar-refractivity contribution is 7.86. The van der Waals surface area contributed by atoms with Crippen molar-refractivity contribution in [3.63, 3.8) is 0 Å². The monoisotopic (exact) mass is 761 g/mol. The zero-order valence-corrected chi connectivity index (χ0v) is 32.9. The number of allylic oxidation sites excluding steroid dienone is 9. The summed E-state index contributed by atoms with van der Waals surface area (Å²) in [6.45, 7) is 0.